The van der Waals surface area contributed by atoms with Crippen LogP contribution >= 0.6 is 0 Å². The topological polar surface area (TPSA) is 77.1 Å². The Morgan fingerprint density at radius 1 is 0.957 bits per heavy atom. The maximum absolute atomic E-state index is 10.6. The van der Waals surface area contributed by atoms with Gasteiger partial charge in [-0.2, -0.15) is 10.2 Å². The Bertz CT molecular complexity index is 652. The number of nitrogens with zero attached hydrogens (tertiary/aromatic N) is 3. The van der Waals surface area contributed by atoms with Crippen LogP contribution in [0.2, 0.25) is 0 Å². The fourth-order valence-electron chi connectivity index (χ4n) is 1.91. The zero-order valence-electron chi connectivity index (χ0n) is 13.0. The Balaban J connectivity index is 1.90. The third-order valence-electron chi connectivity index (χ3n) is 3.19. The zero-order chi connectivity index (χ0) is 16.5. The molecule has 0 aliphatic rings. The van der Waals surface area contributed by atoms with Gasteiger partial charge in [0.25, 0.3) is 5.69 Å². The monoisotopic (exact) mass is 313 g/mol. The second-order valence-electron chi connectivity index (χ2n) is 5.02. The van der Waals surface area contributed by atoms with Crippen molar-refractivity contribution in [3.05, 3.63) is 58.6 Å². The standard InChI is InChI=1S/C17H19N3O3/c1-2-3-4-13-23-17-11-7-15(8-12-17)19-18-14-5-9-16(10-6-14)20(21)22/h5-12H,2-4,13H2,1H3. The number of azo groups is 1. The molecule has 0 unspecified atom stereocenters. The summed E-state index contributed by atoms with van der Waals surface area (Å²) in [5.41, 5.74) is 1.30. The third kappa shape index (κ3) is 5.50. The number of ether oxygens (including phenoxy) is 1. The number of unbranched alkanes of at least 4 members (excludes halogenated alkanes) is 2. The van der Waals surface area contributed by atoms with Gasteiger partial charge >= 0.3 is 0 Å². The lowest BCUT2D eigenvalue weighted by atomic mass is 10.2. The lowest BCUT2D eigenvalue weighted by molar-refractivity contribution is -0.384. The predicted octanol–water partition coefficient (Wildman–Crippen LogP) is 5.58. The van der Waals surface area contributed by atoms with Gasteiger partial charge in [-0.05, 0) is 42.8 Å². The largest absolute Gasteiger partial charge is 0.494 e. The van der Waals surface area contributed by atoms with Gasteiger partial charge in [0.05, 0.1) is 22.9 Å². The Morgan fingerprint density at radius 3 is 2.04 bits per heavy atom. The van der Waals surface area contributed by atoms with E-state index < -0.39 is 4.92 Å². The minimum absolute atomic E-state index is 0.0357. The smallest absolute Gasteiger partial charge is 0.269 e. The van der Waals surface area contributed by atoms with E-state index in [0.29, 0.717) is 11.4 Å². The van der Waals surface area contributed by atoms with Crippen molar-refractivity contribution >= 4 is 17.1 Å². The number of hydrogen-bond donors (Lipinski definition) is 0. The first-order valence-corrected chi connectivity index (χ1v) is 7.58. The van der Waals surface area contributed by atoms with Gasteiger partial charge < -0.3 is 4.74 Å². The lowest BCUT2D eigenvalue weighted by Gasteiger charge is -2.05. The molecule has 120 valence electrons. The van der Waals surface area contributed by atoms with Crippen molar-refractivity contribution in [3.8, 4) is 5.75 Å². The van der Waals surface area contributed by atoms with Crippen LogP contribution in [-0.4, -0.2) is 11.5 Å². The highest BCUT2D eigenvalue weighted by Crippen LogP contribution is 2.23. The molecule has 6 nitrogen and oxygen atoms in total. The van der Waals surface area contributed by atoms with E-state index in [4.69, 9.17) is 4.74 Å². The van der Waals surface area contributed by atoms with Crippen molar-refractivity contribution in [1.29, 1.82) is 0 Å². The Morgan fingerprint density at radius 2 is 1.52 bits per heavy atom. The second-order valence-corrected chi connectivity index (χ2v) is 5.02. The quantitative estimate of drug-likeness (QED) is 0.276. The van der Waals surface area contributed by atoms with Crippen molar-refractivity contribution in [2.75, 3.05) is 6.61 Å². The molecule has 0 aliphatic carbocycles. The average Bonchev–Trinajstić information content (AvgIpc) is 2.58. The fraction of sp³-hybridized carbons (Fsp3) is 0.294. The number of benzene rings is 2. The molecule has 2 aromatic rings. The minimum atomic E-state index is -0.444. The van der Waals surface area contributed by atoms with Crippen LogP contribution in [0, 0.1) is 10.1 Å². The van der Waals surface area contributed by atoms with Crippen molar-refractivity contribution < 1.29 is 9.66 Å². The Labute approximate surface area is 135 Å². The van der Waals surface area contributed by atoms with E-state index in [1.165, 1.54) is 25.0 Å². The summed E-state index contributed by atoms with van der Waals surface area (Å²) in [6, 6.07) is 13.3. The lowest BCUT2D eigenvalue weighted by Crippen LogP contribution is -1.96. The molecular formula is C17H19N3O3. The molecule has 0 heterocycles. The molecule has 0 fully saturated rings. The first-order valence-electron chi connectivity index (χ1n) is 7.58. The summed E-state index contributed by atoms with van der Waals surface area (Å²) < 4.78 is 5.63. The molecule has 0 N–H and O–H groups in total. The number of non-ortho nitro benzene ring substituents is 1. The SMILES string of the molecule is CCCCCOc1ccc(N=Nc2ccc([N+](=O)[O-])cc2)cc1. The van der Waals surface area contributed by atoms with Crippen LogP contribution in [-0.2, 0) is 0 Å². The van der Waals surface area contributed by atoms with Crippen molar-refractivity contribution in [2.45, 2.75) is 26.2 Å². The van der Waals surface area contributed by atoms with Crippen LogP contribution in [0.1, 0.15) is 26.2 Å². The highest BCUT2D eigenvalue weighted by Gasteiger charge is 2.03. The van der Waals surface area contributed by atoms with E-state index in [-0.39, 0.29) is 5.69 Å². The molecule has 0 radical (unpaired) electrons. The summed E-state index contributed by atoms with van der Waals surface area (Å²) in [4.78, 5) is 10.1. The summed E-state index contributed by atoms with van der Waals surface area (Å²) in [6.07, 6.45) is 3.39. The van der Waals surface area contributed by atoms with Gasteiger partial charge in [-0.3, -0.25) is 10.1 Å². The molecule has 0 aromatic heterocycles. The van der Waals surface area contributed by atoms with E-state index in [1.807, 2.05) is 24.3 Å². The first-order chi connectivity index (χ1) is 11.2. The Kier molecular flexibility index (Phi) is 6.23. The van der Waals surface area contributed by atoms with Crippen LogP contribution < -0.4 is 4.74 Å². The molecule has 0 atom stereocenters. The third-order valence-corrected chi connectivity index (χ3v) is 3.19. The zero-order valence-corrected chi connectivity index (χ0v) is 13.0. The van der Waals surface area contributed by atoms with Crippen molar-refractivity contribution in [1.82, 2.24) is 0 Å². The van der Waals surface area contributed by atoms with Gasteiger partial charge in [0.1, 0.15) is 5.75 Å². The van der Waals surface area contributed by atoms with E-state index >= 15 is 0 Å². The predicted molar refractivity (Wildman–Crippen MR) is 88.7 cm³/mol. The number of nitro benzene ring substituents is 1. The van der Waals surface area contributed by atoms with E-state index in [1.54, 1.807) is 12.1 Å². The van der Waals surface area contributed by atoms with Gasteiger partial charge in [0.2, 0.25) is 0 Å². The average molecular weight is 313 g/mol. The molecule has 0 aliphatic heterocycles. The molecule has 0 saturated carbocycles. The van der Waals surface area contributed by atoms with Crippen LogP contribution in [0.4, 0.5) is 17.1 Å². The summed E-state index contributed by atoms with van der Waals surface area (Å²) in [5, 5.41) is 18.7. The van der Waals surface area contributed by atoms with Crippen LogP contribution in [0.25, 0.3) is 0 Å². The molecule has 2 rings (SSSR count). The summed E-state index contributed by atoms with van der Waals surface area (Å²) in [5.74, 6) is 0.815. The fourth-order valence-corrected chi connectivity index (χ4v) is 1.91. The van der Waals surface area contributed by atoms with Crippen molar-refractivity contribution in [3.63, 3.8) is 0 Å². The highest BCUT2D eigenvalue weighted by atomic mass is 16.6. The van der Waals surface area contributed by atoms with E-state index in [9.17, 15) is 10.1 Å². The summed E-state index contributed by atoms with van der Waals surface area (Å²) >= 11 is 0. The molecule has 23 heavy (non-hydrogen) atoms. The van der Waals surface area contributed by atoms with Gasteiger partial charge in [0, 0.05) is 12.1 Å². The van der Waals surface area contributed by atoms with Gasteiger partial charge in [-0.1, -0.05) is 19.8 Å². The maximum atomic E-state index is 10.6. The van der Waals surface area contributed by atoms with Gasteiger partial charge in [0.15, 0.2) is 0 Å². The van der Waals surface area contributed by atoms with Gasteiger partial charge in [-0.25, -0.2) is 0 Å². The minimum Gasteiger partial charge on any atom is -0.494 e. The molecule has 0 bridgehead atoms. The van der Waals surface area contributed by atoms with Crippen molar-refractivity contribution in [2.24, 2.45) is 10.2 Å². The maximum Gasteiger partial charge on any atom is 0.269 e. The highest BCUT2D eigenvalue weighted by molar-refractivity contribution is 5.45. The Hall–Kier alpha value is -2.76. The van der Waals surface area contributed by atoms with Crippen LogP contribution in [0.3, 0.4) is 0 Å². The molecule has 0 spiro atoms. The summed E-state index contributed by atoms with van der Waals surface area (Å²) in [7, 11) is 0. The molecular weight excluding hydrogens is 294 g/mol. The summed E-state index contributed by atoms with van der Waals surface area (Å²) in [6.45, 7) is 2.88. The molecule has 0 amide bonds. The van der Waals surface area contributed by atoms with E-state index in [0.717, 1.165) is 18.8 Å². The number of hydrogen-bond acceptors (Lipinski definition) is 5. The number of nitro groups is 1. The van der Waals surface area contributed by atoms with Crippen LogP contribution in [0.15, 0.2) is 58.8 Å². The van der Waals surface area contributed by atoms with Crippen LogP contribution in [0.5, 0.6) is 5.75 Å². The first kappa shape index (κ1) is 16.6. The van der Waals surface area contributed by atoms with E-state index in [2.05, 4.69) is 17.2 Å². The normalized spacial score (nSPS) is 10.8. The molecule has 0 saturated heterocycles. The molecule has 6 heteroatoms. The number of rotatable bonds is 8. The second kappa shape index (κ2) is 8.63. The van der Waals surface area contributed by atoms with Gasteiger partial charge in [-0.15, -0.1) is 0 Å². The molecule has 2 aromatic carbocycles.